The van der Waals surface area contributed by atoms with Crippen molar-refractivity contribution in [2.24, 2.45) is 11.7 Å². The second kappa shape index (κ2) is 7.22. The van der Waals surface area contributed by atoms with Gasteiger partial charge in [-0.3, -0.25) is 9.59 Å². The van der Waals surface area contributed by atoms with Crippen LogP contribution < -0.4 is 11.1 Å². The monoisotopic (exact) mass is 229 g/mol. The summed E-state index contributed by atoms with van der Waals surface area (Å²) in [5.41, 5.74) is 5.14. The molecule has 94 valence electrons. The lowest BCUT2D eigenvalue weighted by atomic mass is 10.2. The highest BCUT2D eigenvalue weighted by molar-refractivity contribution is 5.85. The summed E-state index contributed by atoms with van der Waals surface area (Å²) in [7, 11) is 0. The fourth-order valence-corrected chi connectivity index (χ4v) is 1.34. The van der Waals surface area contributed by atoms with Gasteiger partial charge in [0.05, 0.1) is 13.1 Å². The van der Waals surface area contributed by atoms with Gasteiger partial charge in [-0.25, -0.2) is 0 Å². The van der Waals surface area contributed by atoms with Gasteiger partial charge in [-0.15, -0.1) is 0 Å². The van der Waals surface area contributed by atoms with Crippen molar-refractivity contribution < 1.29 is 9.59 Å². The van der Waals surface area contributed by atoms with E-state index in [9.17, 15) is 9.59 Å². The molecule has 3 N–H and O–H groups in total. The molecule has 0 rings (SSSR count). The van der Waals surface area contributed by atoms with E-state index in [0.29, 0.717) is 12.5 Å². The van der Waals surface area contributed by atoms with Crippen LogP contribution in [0.4, 0.5) is 0 Å². The Labute approximate surface area is 97.4 Å². The second-order valence-electron chi connectivity index (χ2n) is 4.51. The molecule has 0 aromatic rings. The van der Waals surface area contributed by atoms with Crippen molar-refractivity contribution >= 4 is 11.8 Å². The zero-order chi connectivity index (χ0) is 12.7. The summed E-state index contributed by atoms with van der Waals surface area (Å²) in [6.45, 7) is 8.69. The van der Waals surface area contributed by atoms with Crippen molar-refractivity contribution in [3.8, 4) is 0 Å². The van der Waals surface area contributed by atoms with Crippen molar-refractivity contribution in [2.45, 2.75) is 33.7 Å². The van der Waals surface area contributed by atoms with Crippen LogP contribution in [0.2, 0.25) is 0 Å². The molecular weight excluding hydrogens is 206 g/mol. The molecule has 0 atom stereocenters. The van der Waals surface area contributed by atoms with Gasteiger partial charge in [0.2, 0.25) is 11.8 Å². The summed E-state index contributed by atoms with van der Waals surface area (Å²) in [5, 5.41) is 2.49. The maximum absolute atomic E-state index is 11.8. The fraction of sp³-hybridized carbons (Fsp3) is 0.818. The molecule has 2 amide bonds. The normalized spacial score (nSPS) is 10.7. The summed E-state index contributed by atoms with van der Waals surface area (Å²) >= 11 is 0. The Morgan fingerprint density at radius 2 is 1.81 bits per heavy atom. The predicted molar refractivity (Wildman–Crippen MR) is 63.8 cm³/mol. The van der Waals surface area contributed by atoms with Crippen molar-refractivity contribution in [3.05, 3.63) is 0 Å². The first kappa shape index (κ1) is 14.9. The molecule has 0 aromatic heterocycles. The van der Waals surface area contributed by atoms with Gasteiger partial charge in [0.15, 0.2) is 0 Å². The number of hydrogen-bond donors (Lipinski definition) is 2. The molecule has 0 aliphatic heterocycles. The van der Waals surface area contributed by atoms with Gasteiger partial charge in [0.1, 0.15) is 0 Å². The van der Waals surface area contributed by atoms with E-state index < -0.39 is 0 Å². The lowest BCUT2D eigenvalue weighted by Gasteiger charge is -2.28. The Morgan fingerprint density at radius 1 is 1.25 bits per heavy atom. The fourth-order valence-electron chi connectivity index (χ4n) is 1.34. The SMILES string of the molecule is CC(C)CN(C(=O)CNC(=O)CN)C(C)C. The Balaban J connectivity index is 4.22. The van der Waals surface area contributed by atoms with E-state index in [1.165, 1.54) is 0 Å². The standard InChI is InChI=1S/C11H23N3O2/c1-8(2)7-14(9(3)4)11(16)6-13-10(15)5-12/h8-9H,5-7,12H2,1-4H3,(H,13,15). The van der Waals surface area contributed by atoms with Crippen LogP contribution >= 0.6 is 0 Å². The molecule has 0 bridgehead atoms. The van der Waals surface area contributed by atoms with E-state index in [4.69, 9.17) is 5.73 Å². The van der Waals surface area contributed by atoms with E-state index >= 15 is 0 Å². The first-order chi connectivity index (χ1) is 7.38. The summed E-state index contributed by atoms with van der Waals surface area (Å²) in [5.74, 6) is 0.0451. The zero-order valence-electron chi connectivity index (χ0n) is 10.6. The molecule has 0 fully saturated rings. The number of nitrogens with one attached hydrogen (secondary N) is 1. The first-order valence-corrected chi connectivity index (χ1v) is 5.64. The topological polar surface area (TPSA) is 75.4 Å². The number of hydrogen-bond acceptors (Lipinski definition) is 3. The van der Waals surface area contributed by atoms with Crippen LogP contribution in [0.3, 0.4) is 0 Å². The minimum absolute atomic E-state index is 0.0287. The molecule has 0 heterocycles. The average molecular weight is 229 g/mol. The molecule has 0 aromatic carbocycles. The number of carbonyl (C=O) groups is 2. The van der Waals surface area contributed by atoms with Crippen LogP contribution in [0.5, 0.6) is 0 Å². The Morgan fingerprint density at radius 3 is 2.19 bits per heavy atom. The van der Waals surface area contributed by atoms with Gasteiger partial charge >= 0.3 is 0 Å². The first-order valence-electron chi connectivity index (χ1n) is 5.64. The van der Waals surface area contributed by atoms with Gasteiger partial charge in [0.25, 0.3) is 0 Å². The van der Waals surface area contributed by atoms with Crippen LogP contribution in [0, 0.1) is 5.92 Å². The molecule has 0 unspecified atom stereocenters. The number of nitrogens with zero attached hydrogens (tertiary/aromatic N) is 1. The molecule has 0 aliphatic rings. The lowest BCUT2D eigenvalue weighted by Crippen LogP contribution is -2.46. The summed E-state index contributed by atoms with van der Waals surface area (Å²) in [6, 6.07) is 0.143. The Kier molecular flexibility index (Phi) is 6.72. The molecule has 0 spiro atoms. The third-order valence-electron chi connectivity index (χ3n) is 2.13. The summed E-state index contributed by atoms with van der Waals surface area (Å²) < 4.78 is 0. The van der Waals surface area contributed by atoms with E-state index in [2.05, 4.69) is 19.2 Å². The average Bonchev–Trinajstić information content (AvgIpc) is 2.21. The largest absolute Gasteiger partial charge is 0.346 e. The number of rotatable bonds is 6. The smallest absolute Gasteiger partial charge is 0.242 e. The zero-order valence-corrected chi connectivity index (χ0v) is 10.6. The third kappa shape index (κ3) is 5.70. The van der Waals surface area contributed by atoms with Crippen LogP contribution in [-0.2, 0) is 9.59 Å². The predicted octanol–water partition coefficient (Wildman–Crippen LogP) is -0.0457. The molecular formula is C11H23N3O2. The summed E-state index contributed by atoms with van der Waals surface area (Å²) in [6.07, 6.45) is 0. The minimum atomic E-state index is -0.304. The van der Waals surface area contributed by atoms with Crippen molar-refractivity contribution in [2.75, 3.05) is 19.6 Å². The van der Waals surface area contributed by atoms with Crippen LogP contribution in [0.1, 0.15) is 27.7 Å². The van der Waals surface area contributed by atoms with Crippen molar-refractivity contribution in [1.29, 1.82) is 0 Å². The highest BCUT2D eigenvalue weighted by atomic mass is 16.2. The summed E-state index contributed by atoms with van der Waals surface area (Å²) in [4.78, 5) is 24.5. The Bertz CT molecular complexity index is 239. The molecule has 0 saturated carbocycles. The van der Waals surface area contributed by atoms with Gasteiger partial charge in [0, 0.05) is 12.6 Å². The third-order valence-corrected chi connectivity index (χ3v) is 2.13. The van der Waals surface area contributed by atoms with E-state index in [1.807, 2.05) is 13.8 Å². The maximum atomic E-state index is 11.8. The van der Waals surface area contributed by atoms with E-state index in [0.717, 1.165) is 0 Å². The highest BCUT2D eigenvalue weighted by Crippen LogP contribution is 2.04. The van der Waals surface area contributed by atoms with E-state index in [1.54, 1.807) is 4.90 Å². The van der Waals surface area contributed by atoms with Gasteiger partial charge in [-0.2, -0.15) is 0 Å². The maximum Gasteiger partial charge on any atom is 0.242 e. The molecule has 0 radical (unpaired) electrons. The van der Waals surface area contributed by atoms with Crippen LogP contribution in [0.25, 0.3) is 0 Å². The minimum Gasteiger partial charge on any atom is -0.346 e. The van der Waals surface area contributed by atoms with Gasteiger partial charge in [-0.1, -0.05) is 13.8 Å². The second-order valence-corrected chi connectivity index (χ2v) is 4.51. The van der Waals surface area contributed by atoms with E-state index in [-0.39, 0.29) is 30.9 Å². The van der Waals surface area contributed by atoms with Crippen molar-refractivity contribution in [1.82, 2.24) is 10.2 Å². The van der Waals surface area contributed by atoms with Crippen LogP contribution in [-0.4, -0.2) is 42.4 Å². The highest BCUT2D eigenvalue weighted by Gasteiger charge is 2.17. The number of amides is 2. The molecule has 5 nitrogen and oxygen atoms in total. The quantitative estimate of drug-likeness (QED) is 0.671. The van der Waals surface area contributed by atoms with Gasteiger partial charge < -0.3 is 16.0 Å². The lowest BCUT2D eigenvalue weighted by molar-refractivity contribution is -0.134. The molecule has 0 saturated heterocycles. The molecule has 16 heavy (non-hydrogen) atoms. The van der Waals surface area contributed by atoms with Crippen molar-refractivity contribution in [3.63, 3.8) is 0 Å². The van der Waals surface area contributed by atoms with Gasteiger partial charge in [-0.05, 0) is 19.8 Å². The van der Waals surface area contributed by atoms with Crippen LogP contribution in [0.15, 0.2) is 0 Å². The Hall–Kier alpha value is -1.10. The number of carbonyl (C=O) groups excluding carboxylic acids is 2. The molecule has 0 aliphatic carbocycles. The molecule has 5 heteroatoms. The number of nitrogens with two attached hydrogens (primary N) is 1.